The van der Waals surface area contributed by atoms with Crippen molar-refractivity contribution < 1.29 is 47.7 Å². The van der Waals surface area contributed by atoms with Crippen LogP contribution in [0, 0.1) is 0 Å². The number of hydrogen-bond donors (Lipinski definition) is 1. The van der Waals surface area contributed by atoms with Crippen LogP contribution in [0.15, 0.2) is 47.4 Å². The predicted octanol–water partition coefficient (Wildman–Crippen LogP) is 0.751. The predicted molar refractivity (Wildman–Crippen MR) is 130 cm³/mol. The van der Waals surface area contributed by atoms with Gasteiger partial charge in [0.1, 0.15) is 18.5 Å². The van der Waals surface area contributed by atoms with Gasteiger partial charge in [-0.1, -0.05) is 18.2 Å². The molecule has 14 heteroatoms. The van der Waals surface area contributed by atoms with Crippen molar-refractivity contribution >= 4 is 35.6 Å². The number of nitrogens with one attached hydrogen (secondary N) is 1. The molecule has 1 fully saturated rings. The molecular weight excluding hydrogens is 528 g/mol. The Morgan fingerprint density at radius 2 is 1.44 bits per heavy atom. The van der Waals surface area contributed by atoms with E-state index in [4.69, 9.17) is 23.7 Å². The van der Waals surface area contributed by atoms with Gasteiger partial charge in [-0.15, -0.1) is 0 Å². The van der Waals surface area contributed by atoms with E-state index in [1.165, 1.54) is 12.3 Å². The topological polar surface area (TPSA) is 178 Å². The molecule has 39 heavy (non-hydrogen) atoms. The Labute approximate surface area is 222 Å². The van der Waals surface area contributed by atoms with E-state index in [1.807, 2.05) is 0 Å². The fourth-order valence-electron chi connectivity index (χ4n) is 3.88. The number of nitrogens with zero attached hydrogens (tertiary/aromatic N) is 2. The van der Waals surface area contributed by atoms with Gasteiger partial charge < -0.3 is 29.0 Å². The van der Waals surface area contributed by atoms with Gasteiger partial charge in [-0.25, -0.2) is 4.79 Å². The molecule has 0 aliphatic carbocycles. The number of aromatic nitrogens is 2. The Morgan fingerprint density at radius 3 is 2.00 bits per heavy atom. The summed E-state index contributed by atoms with van der Waals surface area (Å²) in [5, 5.41) is 2.50. The van der Waals surface area contributed by atoms with E-state index in [2.05, 4.69) is 10.3 Å². The van der Waals surface area contributed by atoms with Crippen LogP contribution in [0.3, 0.4) is 0 Å². The average Bonchev–Trinajstić information content (AvgIpc) is 2.85. The van der Waals surface area contributed by atoms with Gasteiger partial charge in [0.25, 0.3) is 5.91 Å². The van der Waals surface area contributed by atoms with Crippen LogP contribution in [-0.2, 0) is 42.9 Å². The Morgan fingerprint density at radius 1 is 0.846 bits per heavy atom. The minimum atomic E-state index is -1.49. The fourth-order valence-corrected chi connectivity index (χ4v) is 3.88. The monoisotopic (exact) mass is 555 g/mol. The summed E-state index contributed by atoms with van der Waals surface area (Å²) in [6, 6.07) is 9.54. The molecule has 208 valence electrons. The van der Waals surface area contributed by atoms with E-state index in [0.29, 0.717) is 5.56 Å². The molecule has 0 bridgehead atoms. The summed E-state index contributed by atoms with van der Waals surface area (Å²) in [5.41, 5.74) is -0.593. The molecule has 0 saturated carbocycles. The van der Waals surface area contributed by atoms with Crippen molar-refractivity contribution in [2.24, 2.45) is 0 Å². The number of carbonyl (C=O) groups is 5. The van der Waals surface area contributed by atoms with Crippen LogP contribution >= 0.6 is 0 Å². The fraction of sp³-hybridized carbons (Fsp3) is 0.400. The molecule has 1 saturated heterocycles. The van der Waals surface area contributed by atoms with E-state index >= 15 is 0 Å². The van der Waals surface area contributed by atoms with E-state index in [1.54, 1.807) is 30.3 Å². The lowest BCUT2D eigenvalue weighted by Crippen LogP contribution is -2.61. The summed E-state index contributed by atoms with van der Waals surface area (Å²) in [6.45, 7) is 3.94. The molecule has 2 aromatic rings. The van der Waals surface area contributed by atoms with E-state index in [0.717, 1.165) is 32.3 Å². The highest BCUT2D eigenvalue weighted by atomic mass is 16.8. The molecular formula is C25H27N3O11. The minimum Gasteiger partial charge on any atom is -0.463 e. The van der Waals surface area contributed by atoms with Crippen molar-refractivity contribution in [2.75, 3.05) is 11.9 Å². The number of benzene rings is 1. The number of amides is 1. The average molecular weight is 555 g/mol. The SMILES string of the molecule is CC(=O)O[13CH2][13C@H]1O[13C@@H]([15n]2[13cH]cc([15NH]C(=O)c3ccccc3)[15n]c2=O)[13C@H](OC(C)=O)[13C@@H](OC(C)=O)[13C@@H]1OC(C)=O. The van der Waals surface area contributed by atoms with Gasteiger partial charge in [0.15, 0.2) is 24.5 Å². The minimum absolute atomic E-state index is 0.0734. The first kappa shape index (κ1) is 29.0. The summed E-state index contributed by atoms with van der Waals surface area (Å²) in [4.78, 5) is 76.7. The number of hydrogen-bond acceptors (Lipinski definition) is 12. The molecule has 1 aliphatic heterocycles. The molecule has 3 rings (SSSR count). The van der Waals surface area contributed by atoms with Gasteiger partial charge >= 0.3 is 29.6 Å². The largest absolute Gasteiger partial charge is 0.463 e. The van der Waals surface area contributed by atoms with Crippen LogP contribution in [0.2, 0.25) is 0 Å². The quantitative estimate of drug-likeness (QED) is 0.209. The number of anilines is 1. The van der Waals surface area contributed by atoms with Crippen molar-refractivity contribution in [3.63, 3.8) is 0 Å². The molecule has 5 atom stereocenters. The highest BCUT2D eigenvalue weighted by molar-refractivity contribution is 6.03. The van der Waals surface area contributed by atoms with E-state index in [-0.39, 0.29) is 5.82 Å². The standard InChI is InChI=1S/C25H27N3O11/c1-13(29)35-12-18-20(36-14(2)30)21(37-15(3)31)22(38-16(4)32)24(39-18)28-11-10-19(27-25(28)34)26-23(33)17-8-6-5-7-9-17/h5-11,18,20-22,24H,12H2,1-4H3,(H,26,27,33,34)/t18-,20-,21+,22-,24-/m1/s1/i11+1,12+1,18+1,20+1,21+1,22+1,24+1,26+1,27+1,28+1. The molecule has 0 spiro atoms. The van der Waals surface area contributed by atoms with Gasteiger partial charge in [0, 0.05) is 39.5 Å². The first-order valence-electron chi connectivity index (χ1n) is 11.7. The smallest absolute Gasteiger partial charge is 0.351 e. The van der Waals surface area contributed by atoms with Gasteiger partial charge in [-0.05, 0) is 18.2 Å². The highest BCUT2D eigenvalue weighted by Gasteiger charge is 2.53. The van der Waals surface area contributed by atoms with E-state index in [9.17, 15) is 28.8 Å². The van der Waals surface area contributed by atoms with Crippen LogP contribution in [0.5, 0.6) is 0 Å². The summed E-state index contributed by atoms with van der Waals surface area (Å²) < 4.78 is 28.0. The van der Waals surface area contributed by atoms with Gasteiger partial charge in [0.05, 0.1) is 0 Å². The summed E-state index contributed by atoms with van der Waals surface area (Å²) in [7, 11) is 0. The molecule has 1 amide bonds. The Kier molecular flexibility index (Phi) is 9.49. The summed E-state index contributed by atoms with van der Waals surface area (Å²) in [5.74, 6) is -3.68. The first-order valence-corrected chi connectivity index (χ1v) is 11.7. The van der Waals surface area contributed by atoms with Crippen LogP contribution in [-0.4, -0.2) is 70.4 Å². The molecule has 14 nitrogen and oxygen atoms in total. The Bertz CT molecular complexity index is 1290. The van der Waals surface area contributed by atoms with Crippen LogP contribution in [0.25, 0.3) is 0 Å². The normalized spacial score (nSPS) is 22.2. The van der Waals surface area contributed by atoms with E-state index < -0.39 is 72.7 Å². The molecule has 0 radical (unpaired) electrons. The second-order valence-corrected chi connectivity index (χ2v) is 8.41. The molecule has 2 heterocycles. The number of carbonyl (C=O) groups excluding carboxylic acids is 5. The second-order valence-electron chi connectivity index (χ2n) is 8.41. The maximum absolute atomic E-state index is 13.1. The third-order valence-electron chi connectivity index (χ3n) is 5.35. The lowest BCUT2D eigenvalue weighted by molar-refractivity contribution is -0.269. The number of ether oxygens (including phenoxy) is 5. The lowest BCUT2D eigenvalue weighted by Gasteiger charge is -2.44. The maximum Gasteiger partial charge on any atom is 0.351 e. The molecule has 1 aromatic carbocycles. The van der Waals surface area contributed by atoms with Crippen molar-refractivity contribution in [2.45, 2.75) is 58.3 Å². The Hall–Kier alpha value is -4.59. The van der Waals surface area contributed by atoms with Crippen molar-refractivity contribution in [3.05, 3.63) is 58.6 Å². The van der Waals surface area contributed by atoms with Crippen molar-refractivity contribution in [1.82, 2.24) is 9.55 Å². The van der Waals surface area contributed by atoms with Crippen molar-refractivity contribution in [1.29, 1.82) is 0 Å². The first-order chi connectivity index (χ1) is 18.5. The molecule has 1 aromatic heterocycles. The van der Waals surface area contributed by atoms with Crippen LogP contribution in [0.4, 0.5) is 5.82 Å². The summed E-state index contributed by atoms with van der Waals surface area (Å²) >= 11 is 0. The van der Waals surface area contributed by atoms with Crippen LogP contribution in [0.1, 0.15) is 44.3 Å². The van der Waals surface area contributed by atoms with Gasteiger partial charge in [-0.3, -0.25) is 28.5 Å². The zero-order valence-corrected chi connectivity index (χ0v) is 21.5. The number of rotatable bonds is 8. The lowest BCUT2D eigenvalue weighted by atomic mass is 10.2. The second kappa shape index (κ2) is 12.8. The zero-order valence-electron chi connectivity index (χ0n) is 21.5. The Balaban J connectivity index is 2.01. The number of esters is 4. The molecule has 0 unspecified atom stereocenters. The maximum atomic E-state index is 13.1. The highest BCUT2D eigenvalue weighted by Crippen LogP contribution is 2.34. The van der Waals surface area contributed by atoms with Crippen LogP contribution < -0.4 is 11.0 Å². The third-order valence-corrected chi connectivity index (χ3v) is 5.35. The zero-order chi connectivity index (χ0) is 28.7. The van der Waals surface area contributed by atoms with Gasteiger partial charge in [-0.2, -0.15) is 4.98 Å². The summed E-state index contributed by atoms with van der Waals surface area (Å²) in [6.07, 6.45) is -5.82. The van der Waals surface area contributed by atoms with Crippen molar-refractivity contribution in [3.8, 4) is 0 Å². The van der Waals surface area contributed by atoms with Gasteiger partial charge in [0.2, 0.25) is 0 Å². The molecule has 1 aliphatic rings. The molecule has 1 N–H and O–H groups in total. The third kappa shape index (κ3) is 7.70.